The second kappa shape index (κ2) is 14.6. The molecule has 0 atom stereocenters. The van der Waals surface area contributed by atoms with E-state index in [1.54, 1.807) is 55.8 Å². The molecule has 1 aromatic heterocycles. The highest BCUT2D eigenvalue weighted by molar-refractivity contribution is 7.89. The Morgan fingerprint density at radius 2 is 1.62 bits per heavy atom. The molecule has 0 saturated carbocycles. The van der Waals surface area contributed by atoms with Gasteiger partial charge in [-0.2, -0.15) is 4.31 Å². The number of amides is 1. The maximum absolute atomic E-state index is 13.9. The van der Waals surface area contributed by atoms with Crippen molar-refractivity contribution in [1.29, 1.82) is 0 Å². The highest BCUT2D eigenvalue weighted by Crippen LogP contribution is 2.28. The van der Waals surface area contributed by atoms with E-state index in [-0.39, 0.29) is 23.9 Å². The number of fused-ring (bicyclic) bond motifs is 1. The fraction of sp³-hybridized carbons (Fsp3) is 0.344. The Morgan fingerprint density at radius 3 is 2.31 bits per heavy atom. The minimum Gasteiger partial charge on any atom is -0.493 e. The number of carbonyl (C=O) groups is 1. The van der Waals surface area contributed by atoms with E-state index in [4.69, 9.17) is 14.2 Å². The summed E-state index contributed by atoms with van der Waals surface area (Å²) in [5.74, 6) is 0.990. The van der Waals surface area contributed by atoms with Crippen LogP contribution in [0.2, 0.25) is 0 Å². The molecule has 0 aliphatic carbocycles. The third-order valence-corrected chi connectivity index (χ3v) is 9.87. The zero-order chi connectivity index (χ0) is 30.1. The molecule has 42 heavy (non-hydrogen) atoms. The Hall–Kier alpha value is -3.44. The summed E-state index contributed by atoms with van der Waals surface area (Å²) >= 11 is 1.63. The predicted molar refractivity (Wildman–Crippen MR) is 167 cm³/mol. The molecule has 4 rings (SSSR count). The van der Waals surface area contributed by atoms with Crippen molar-refractivity contribution in [1.82, 2.24) is 9.21 Å². The molecule has 3 aromatic carbocycles. The second-order valence-corrected chi connectivity index (χ2v) is 13.3. The molecule has 0 aliphatic heterocycles. The lowest BCUT2D eigenvalue weighted by Crippen LogP contribution is -2.43. The van der Waals surface area contributed by atoms with E-state index in [2.05, 4.69) is 0 Å². The Kier molecular flexibility index (Phi) is 11.0. The van der Waals surface area contributed by atoms with Crippen LogP contribution in [0.25, 0.3) is 10.8 Å². The molecule has 0 spiro atoms. The SMILES string of the molecule is COCCCN(CC(=O)N(CCc1ccc(OC)c(OC)c1)Cc1ccc(C)s1)S(=O)(=O)c1ccc2ccccc2c1. The van der Waals surface area contributed by atoms with Crippen LogP contribution in [-0.2, 0) is 32.5 Å². The lowest BCUT2D eigenvalue weighted by Gasteiger charge is -2.27. The summed E-state index contributed by atoms with van der Waals surface area (Å²) in [6.45, 7) is 3.11. The molecule has 224 valence electrons. The van der Waals surface area contributed by atoms with Gasteiger partial charge in [-0.3, -0.25) is 4.79 Å². The van der Waals surface area contributed by atoms with Crippen LogP contribution in [-0.4, -0.2) is 71.1 Å². The maximum Gasteiger partial charge on any atom is 0.243 e. The van der Waals surface area contributed by atoms with Gasteiger partial charge in [0.25, 0.3) is 0 Å². The van der Waals surface area contributed by atoms with Gasteiger partial charge in [0.2, 0.25) is 15.9 Å². The van der Waals surface area contributed by atoms with E-state index < -0.39 is 10.0 Å². The van der Waals surface area contributed by atoms with Crippen LogP contribution in [0.3, 0.4) is 0 Å². The van der Waals surface area contributed by atoms with Crippen LogP contribution < -0.4 is 9.47 Å². The standard InChI is InChI=1S/C32H38N2O6S2/c1-24-10-13-28(41-24)22-33(18-16-25-11-15-30(39-3)31(20-25)40-4)32(35)23-34(17-7-19-38-2)42(36,37)29-14-12-26-8-5-6-9-27(26)21-29/h5-6,8-15,20-21H,7,16-19,22-23H2,1-4H3. The van der Waals surface area contributed by atoms with E-state index in [0.717, 1.165) is 26.1 Å². The van der Waals surface area contributed by atoms with Gasteiger partial charge in [0.15, 0.2) is 11.5 Å². The number of hydrogen-bond acceptors (Lipinski definition) is 7. The first-order valence-electron chi connectivity index (χ1n) is 13.8. The molecule has 0 unspecified atom stereocenters. The Morgan fingerprint density at radius 1 is 0.857 bits per heavy atom. The molecule has 0 aliphatic rings. The monoisotopic (exact) mass is 610 g/mol. The summed E-state index contributed by atoms with van der Waals surface area (Å²) in [7, 11) is 0.801. The van der Waals surface area contributed by atoms with E-state index >= 15 is 0 Å². The first kappa shape index (κ1) is 31.5. The van der Waals surface area contributed by atoms with Gasteiger partial charge < -0.3 is 19.1 Å². The van der Waals surface area contributed by atoms with Crippen molar-refractivity contribution in [2.75, 3.05) is 47.6 Å². The van der Waals surface area contributed by atoms with Gasteiger partial charge in [-0.1, -0.05) is 36.4 Å². The summed E-state index contributed by atoms with van der Waals surface area (Å²) < 4.78 is 45.1. The number of thiophene rings is 1. The van der Waals surface area contributed by atoms with E-state index in [9.17, 15) is 13.2 Å². The molecule has 0 radical (unpaired) electrons. The zero-order valence-corrected chi connectivity index (χ0v) is 26.2. The summed E-state index contributed by atoms with van der Waals surface area (Å²) in [4.78, 5) is 18.0. The van der Waals surface area contributed by atoms with Crippen LogP contribution in [0.4, 0.5) is 0 Å². The van der Waals surface area contributed by atoms with Crippen molar-refractivity contribution in [2.45, 2.75) is 31.2 Å². The first-order chi connectivity index (χ1) is 20.2. The molecule has 1 heterocycles. The van der Waals surface area contributed by atoms with Gasteiger partial charge in [-0.15, -0.1) is 11.3 Å². The van der Waals surface area contributed by atoms with Gasteiger partial charge in [0.1, 0.15) is 0 Å². The van der Waals surface area contributed by atoms with Crippen molar-refractivity contribution < 1.29 is 27.4 Å². The highest BCUT2D eigenvalue weighted by Gasteiger charge is 2.29. The third-order valence-electron chi connectivity index (χ3n) is 7.04. The molecular weight excluding hydrogens is 572 g/mol. The predicted octanol–water partition coefficient (Wildman–Crippen LogP) is 5.53. The molecular formula is C32H38N2O6S2. The average Bonchev–Trinajstić information content (AvgIpc) is 3.42. The first-order valence-corrected chi connectivity index (χ1v) is 16.0. The largest absolute Gasteiger partial charge is 0.493 e. The molecule has 0 N–H and O–H groups in total. The summed E-state index contributed by atoms with van der Waals surface area (Å²) in [5.41, 5.74) is 0.980. The van der Waals surface area contributed by atoms with Crippen LogP contribution >= 0.6 is 11.3 Å². The van der Waals surface area contributed by atoms with E-state index in [0.29, 0.717) is 44.0 Å². The number of carbonyl (C=O) groups excluding carboxylic acids is 1. The van der Waals surface area contributed by atoms with Crippen LogP contribution in [0, 0.1) is 6.92 Å². The summed E-state index contributed by atoms with van der Waals surface area (Å²) in [6.07, 6.45) is 1.03. The molecule has 10 heteroatoms. The molecule has 0 saturated heterocycles. The number of rotatable bonds is 15. The maximum atomic E-state index is 13.9. The van der Waals surface area contributed by atoms with Crippen LogP contribution in [0.5, 0.6) is 11.5 Å². The van der Waals surface area contributed by atoms with Crippen LogP contribution in [0.1, 0.15) is 21.7 Å². The number of ether oxygens (including phenoxy) is 3. The summed E-state index contributed by atoms with van der Waals surface area (Å²) in [6, 6.07) is 22.4. The Balaban J connectivity index is 1.59. The fourth-order valence-corrected chi connectivity index (χ4v) is 7.12. The Bertz CT molecular complexity index is 1600. The van der Waals surface area contributed by atoms with Gasteiger partial charge >= 0.3 is 0 Å². The van der Waals surface area contributed by atoms with Crippen molar-refractivity contribution >= 4 is 38.0 Å². The lowest BCUT2D eigenvalue weighted by molar-refractivity contribution is -0.132. The second-order valence-electron chi connectivity index (χ2n) is 9.96. The van der Waals surface area contributed by atoms with Gasteiger partial charge in [0, 0.05) is 36.6 Å². The molecule has 1 amide bonds. The number of methoxy groups -OCH3 is 3. The van der Waals surface area contributed by atoms with E-state index in [1.807, 2.05) is 61.5 Å². The van der Waals surface area contributed by atoms with Crippen molar-refractivity contribution in [3.8, 4) is 11.5 Å². The molecule has 4 aromatic rings. The third kappa shape index (κ3) is 7.89. The average molecular weight is 611 g/mol. The normalized spacial score (nSPS) is 11.6. The van der Waals surface area contributed by atoms with Gasteiger partial charge in [-0.05, 0) is 72.5 Å². The minimum atomic E-state index is -3.95. The zero-order valence-electron chi connectivity index (χ0n) is 24.5. The summed E-state index contributed by atoms with van der Waals surface area (Å²) in [5, 5.41) is 1.78. The lowest BCUT2D eigenvalue weighted by atomic mass is 10.1. The number of nitrogens with zero attached hydrogens (tertiary/aromatic N) is 2. The Labute approximate surface area is 252 Å². The number of benzene rings is 3. The number of sulfonamides is 1. The van der Waals surface area contributed by atoms with Crippen LogP contribution in [0.15, 0.2) is 77.7 Å². The highest BCUT2D eigenvalue weighted by atomic mass is 32.2. The van der Waals surface area contributed by atoms with Crippen molar-refractivity contribution in [2.24, 2.45) is 0 Å². The topological polar surface area (TPSA) is 85.4 Å². The smallest absolute Gasteiger partial charge is 0.243 e. The minimum absolute atomic E-state index is 0.163. The van der Waals surface area contributed by atoms with Crippen molar-refractivity contribution in [3.05, 3.63) is 88.1 Å². The molecule has 8 nitrogen and oxygen atoms in total. The van der Waals surface area contributed by atoms with Crippen molar-refractivity contribution in [3.63, 3.8) is 0 Å². The molecule has 0 fully saturated rings. The van der Waals surface area contributed by atoms with Gasteiger partial charge in [-0.25, -0.2) is 8.42 Å². The fourth-order valence-electron chi connectivity index (χ4n) is 4.75. The molecule has 0 bridgehead atoms. The van der Waals surface area contributed by atoms with Gasteiger partial charge in [0.05, 0.1) is 32.2 Å². The number of hydrogen-bond donors (Lipinski definition) is 0. The quantitative estimate of drug-likeness (QED) is 0.165. The van der Waals surface area contributed by atoms with E-state index in [1.165, 1.54) is 4.31 Å². The number of aryl methyl sites for hydroxylation is 1.